The Morgan fingerprint density at radius 3 is 2.47 bits per heavy atom. The number of benzene rings is 1. The summed E-state index contributed by atoms with van der Waals surface area (Å²) in [4.78, 5) is 0.121. The fourth-order valence-corrected chi connectivity index (χ4v) is 2.36. The summed E-state index contributed by atoms with van der Waals surface area (Å²) in [7, 11) is -3.61. The summed E-state index contributed by atoms with van der Waals surface area (Å²) in [6.07, 6.45) is 0.934. The molecule has 0 aliphatic carbocycles. The largest absolute Gasteiger partial charge is 0.379 e. The summed E-state index contributed by atoms with van der Waals surface area (Å²) in [5, 5.41) is 8.36. The number of nitrogens with two attached hydrogens (primary N) is 1. The Labute approximate surface area is 101 Å². The highest BCUT2D eigenvalue weighted by molar-refractivity contribution is 7.89. The number of nitrogens with one attached hydrogen (secondary N) is 1. The zero-order valence-electron chi connectivity index (χ0n) is 9.64. The maximum atomic E-state index is 11.1. The number of hydrogen-bond acceptors (Lipinski definition) is 4. The summed E-state index contributed by atoms with van der Waals surface area (Å²) >= 11 is 0. The van der Waals surface area contributed by atoms with Crippen LogP contribution in [0.2, 0.25) is 0 Å². The Kier molecular flexibility index (Phi) is 3.11. The standard InChI is InChI=1S/C11H16N2O3S/c1-11(6-7-16-8-11)13-9-2-4-10(5-3-9)17(12,14)15/h2-5,13H,6-8H2,1H3,(H2,12,14,15). The molecule has 0 saturated carbocycles. The van der Waals surface area contributed by atoms with Crippen molar-refractivity contribution in [2.24, 2.45) is 5.14 Å². The molecule has 1 aliphatic rings. The summed E-state index contributed by atoms with van der Waals surface area (Å²) in [6, 6.07) is 6.42. The maximum absolute atomic E-state index is 11.1. The van der Waals surface area contributed by atoms with Gasteiger partial charge < -0.3 is 10.1 Å². The van der Waals surface area contributed by atoms with Crippen LogP contribution in [0, 0.1) is 0 Å². The quantitative estimate of drug-likeness (QED) is 0.842. The van der Waals surface area contributed by atoms with Crippen molar-refractivity contribution in [1.82, 2.24) is 0 Å². The number of rotatable bonds is 3. The summed E-state index contributed by atoms with van der Waals surface area (Å²) < 4.78 is 27.5. The highest BCUT2D eigenvalue weighted by atomic mass is 32.2. The zero-order chi connectivity index (χ0) is 12.5. The van der Waals surface area contributed by atoms with Gasteiger partial charge in [-0.1, -0.05) is 0 Å². The lowest BCUT2D eigenvalue weighted by atomic mass is 10.0. The van der Waals surface area contributed by atoms with Gasteiger partial charge in [0.05, 0.1) is 17.0 Å². The second-order valence-corrected chi connectivity index (χ2v) is 6.12. The molecule has 0 spiro atoms. The Morgan fingerprint density at radius 2 is 2.00 bits per heavy atom. The van der Waals surface area contributed by atoms with Crippen LogP contribution in [0.3, 0.4) is 0 Å². The molecule has 0 radical (unpaired) electrons. The van der Waals surface area contributed by atoms with Gasteiger partial charge in [0.1, 0.15) is 0 Å². The molecule has 0 aromatic heterocycles. The highest BCUT2D eigenvalue weighted by Gasteiger charge is 2.29. The van der Waals surface area contributed by atoms with E-state index in [1.807, 2.05) is 0 Å². The molecule has 6 heteroatoms. The summed E-state index contributed by atoms with van der Waals surface area (Å²) in [5.41, 5.74) is 0.786. The summed E-state index contributed by atoms with van der Waals surface area (Å²) in [5.74, 6) is 0. The van der Waals surface area contributed by atoms with Crippen LogP contribution in [-0.2, 0) is 14.8 Å². The van der Waals surface area contributed by atoms with Gasteiger partial charge in [-0.3, -0.25) is 0 Å². The molecule has 1 saturated heterocycles. The molecule has 5 nitrogen and oxygen atoms in total. The Bertz CT molecular complexity index is 490. The Hall–Kier alpha value is -1.11. The fourth-order valence-electron chi connectivity index (χ4n) is 1.84. The Balaban J connectivity index is 2.13. The minimum Gasteiger partial charge on any atom is -0.379 e. The summed E-state index contributed by atoms with van der Waals surface area (Å²) in [6.45, 7) is 3.48. The lowest BCUT2D eigenvalue weighted by Gasteiger charge is -2.25. The van der Waals surface area contributed by atoms with E-state index in [1.54, 1.807) is 12.1 Å². The van der Waals surface area contributed by atoms with Crippen LogP contribution in [0.25, 0.3) is 0 Å². The number of ether oxygens (including phenoxy) is 1. The van der Waals surface area contributed by atoms with Gasteiger partial charge in [0.2, 0.25) is 10.0 Å². The van der Waals surface area contributed by atoms with E-state index in [1.165, 1.54) is 12.1 Å². The van der Waals surface area contributed by atoms with Crippen molar-refractivity contribution in [1.29, 1.82) is 0 Å². The molecular formula is C11H16N2O3S. The molecule has 3 N–H and O–H groups in total. The first-order valence-corrected chi connectivity index (χ1v) is 6.93. The van der Waals surface area contributed by atoms with E-state index in [0.29, 0.717) is 6.61 Å². The minimum atomic E-state index is -3.61. The van der Waals surface area contributed by atoms with E-state index in [2.05, 4.69) is 12.2 Å². The van der Waals surface area contributed by atoms with Crippen LogP contribution in [-0.4, -0.2) is 27.2 Å². The molecule has 1 aromatic carbocycles. The van der Waals surface area contributed by atoms with Crippen LogP contribution in [0.15, 0.2) is 29.2 Å². The zero-order valence-corrected chi connectivity index (χ0v) is 10.5. The maximum Gasteiger partial charge on any atom is 0.238 e. The second kappa shape index (κ2) is 4.29. The van der Waals surface area contributed by atoms with Crippen LogP contribution < -0.4 is 10.5 Å². The molecule has 94 valence electrons. The highest BCUT2D eigenvalue weighted by Crippen LogP contribution is 2.24. The lowest BCUT2D eigenvalue weighted by Crippen LogP contribution is -2.34. The smallest absolute Gasteiger partial charge is 0.238 e. The van der Waals surface area contributed by atoms with E-state index < -0.39 is 10.0 Å². The molecule has 2 rings (SSSR count). The van der Waals surface area contributed by atoms with E-state index in [9.17, 15) is 8.42 Å². The molecule has 1 heterocycles. The third kappa shape index (κ3) is 2.96. The molecule has 0 bridgehead atoms. The van der Waals surface area contributed by atoms with Gasteiger partial charge in [0, 0.05) is 12.3 Å². The predicted molar refractivity (Wildman–Crippen MR) is 65.3 cm³/mol. The molecular weight excluding hydrogens is 240 g/mol. The fraction of sp³-hybridized carbons (Fsp3) is 0.455. The van der Waals surface area contributed by atoms with Crippen molar-refractivity contribution in [2.45, 2.75) is 23.8 Å². The second-order valence-electron chi connectivity index (χ2n) is 4.56. The number of primary sulfonamides is 1. The van der Waals surface area contributed by atoms with E-state index in [0.717, 1.165) is 18.7 Å². The molecule has 1 atom stereocenters. The molecule has 1 aliphatic heterocycles. The topological polar surface area (TPSA) is 81.4 Å². The van der Waals surface area contributed by atoms with Gasteiger partial charge in [-0.25, -0.2) is 13.6 Å². The molecule has 1 unspecified atom stereocenters. The Morgan fingerprint density at radius 1 is 1.35 bits per heavy atom. The number of sulfonamides is 1. The average molecular weight is 256 g/mol. The molecule has 1 fully saturated rings. The SMILES string of the molecule is CC1(Nc2ccc(S(N)(=O)=O)cc2)CCOC1. The van der Waals surface area contributed by atoms with E-state index in [4.69, 9.17) is 9.88 Å². The van der Waals surface area contributed by atoms with Gasteiger partial charge in [0.15, 0.2) is 0 Å². The minimum absolute atomic E-state index is 0.0803. The van der Waals surface area contributed by atoms with Crippen LogP contribution in [0.5, 0.6) is 0 Å². The van der Waals surface area contributed by atoms with Gasteiger partial charge >= 0.3 is 0 Å². The van der Waals surface area contributed by atoms with Crippen molar-refractivity contribution >= 4 is 15.7 Å². The third-order valence-electron chi connectivity index (χ3n) is 2.85. The van der Waals surface area contributed by atoms with Gasteiger partial charge in [-0.15, -0.1) is 0 Å². The van der Waals surface area contributed by atoms with Crippen molar-refractivity contribution in [2.75, 3.05) is 18.5 Å². The average Bonchev–Trinajstić information content (AvgIpc) is 2.64. The van der Waals surface area contributed by atoms with E-state index >= 15 is 0 Å². The first-order chi connectivity index (χ1) is 7.89. The van der Waals surface area contributed by atoms with Crippen LogP contribution >= 0.6 is 0 Å². The third-order valence-corrected chi connectivity index (χ3v) is 3.78. The number of anilines is 1. The first-order valence-electron chi connectivity index (χ1n) is 5.38. The normalized spacial score (nSPS) is 24.8. The molecule has 17 heavy (non-hydrogen) atoms. The van der Waals surface area contributed by atoms with Gasteiger partial charge in [-0.2, -0.15) is 0 Å². The first kappa shape index (κ1) is 12.3. The van der Waals surface area contributed by atoms with Crippen molar-refractivity contribution in [3.63, 3.8) is 0 Å². The number of hydrogen-bond donors (Lipinski definition) is 2. The predicted octanol–water partition coefficient (Wildman–Crippen LogP) is 0.925. The molecule has 0 amide bonds. The van der Waals surface area contributed by atoms with Gasteiger partial charge in [0.25, 0.3) is 0 Å². The van der Waals surface area contributed by atoms with Crippen molar-refractivity contribution < 1.29 is 13.2 Å². The van der Waals surface area contributed by atoms with Crippen molar-refractivity contribution in [3.05, 3.63) is 24.3 Å². The lowest BCUT2D eigenvalue weighted by molar-refractivity contribution is 0.185. The van der Waals surface area contributed by atoms with Crippen LogP contribution in [0.1, 0.15) is 13.3 Å². The molecule has 1 aromatic rings. The van der Waals surface area contributed by atoms with Crippen molar-refractivity contribution in [3.8, 4) is 0 Å². The monoisotopic (exact) mass is 256 g/mol. The van der Waals surface area contributed by atoms with Crippen LogP contribution in [0.4, 0.5) is 5.69 Å². The van der Waals surface area contributed by atoms with E-state index in [-0.39, 0.29) is 10.4 Å². The van der Waals surface area contributed by atoms with Gasteiger partial charge in [-0.05, 0) is 37.6 Å².